The minimum absolute atomic E-state index is 0.496. The highest BCUT2D eigenvalue weighted by molar-refractivity contribution is 7.99. The Labute approximate surface area is 104 Å². The average molecular weight is 250 g/mol. The second-order valence-electron chi connectivity index (χ2n) is 3.59. The third-order valence-corrected chi connectivity index (χ3v) is 3.38. The van der Waals surface area contributed by atoms with Crippen LogP contribution >= 0.6 is 11.8 Å². The Morgan fingerprint density at radius 2 is 1.00 bits per heavy atom. The van der Waals surface area contributed by atoms with Crippen molar-refractivity contribution in [3.8, 4) is 0 Å². The predicted octanol–water partition coefficient (Wildman–Crippen LogP) is 5.06. The predicted molar refractivity (Wildman–Crippen MR) is 68.2 cm³/mol. The van der Waals surface area contributed by atoms with Crippen LogP contribution < -0.4 is 0 Å². The fourth-order valence-corrected chi connectivity index (χ4v) is 2.31. The zero-order valence-corrected chi connectivity index (χ0v) is 9.91. The molecule has 2 unspecified atom stereocenters. The van der Waals surface area contributed by atoms with Gasteiger partial charge in [-0.3, -0.25) is 0 Å². The zero-order chi connectivity index (χ0) is 12.1. The summed E-state index contributed by atoms with van der Waals surface area (Å²) in [5.41, 5.74) is -1.69. The van der Waals surface area contributed by atoms with Gasteiger partial charge in [0.25, 0.3) is 0 Å². The largest absolute Gasteiger partial charge is 0.230 e. The van der Waals surface area contributed by atoms with Crippen molar-refractivity contribution in [2.75, 3.05) is 0 Å². The van der Waals surface area contributed by atoms with Crippen LogP contribution in [-0.4, -0.2) is 0 Å². The molecule has 0 aliphatic heterocycles. The second kappa shape index (κ2) is 5.82. The van der Waals surface area contributed by atoms with Gasteiger partial charge < -0.3 is 0 Å². The summed E-state index contributed by atoms with van der Waals surface area (Å²) in [5, 5.41) is 0. The number of thioether (sulfide) groups is 1. The van der Waals surface area contributed by atoms with Gasteiger partial charge in [-0.25, -0.2) is 8.78 Å². The van der Waals surface area contributed by atoms with Crippen LogP contribution in [0.25, 0.3) is 0 Å². The Morgan fingerprint density at radius 3 is 1.35 bits per heavy atom. The molecule has 0 amide bonds. The molecule has 0 saturated carbocycles. The molecule has 2 atom stereocenters. The van der Waals surface area contributed by atoms with Crippen molar-refractivity contribution >= 4 is 11.8 Å². The molecule has 0 spiro atoms. The number of rotatable bonds is 4. The van der Waals surface area contributed by atoms with E-state index in [0.717, 1.165) is 0 Å². The molecule has 0 nitrogen and oxygen atoms in total. The summed E-state index contributed by atoms with van der Waals surface area (Å²) in [6, 6.07) is 17.3. The second-order valence-corrected chi connectivity index (χ2v) is 4.69. The summed E-state index contributed by atoms with van der Waals surface area (Å²) in [4.78, 5) is 0. The van der Waals surface area contributed by atoms with E-state index in [0.29, 0.717) is 22.9 Å². The molecular formula is C14H12F2S. The zero-order valence-electron chi connectivity index (χ0n) is 9.09. The van der Waals surface area contributed by atoms with Gasteiger partial charge in [0.15, 0.2) is 11.0 Å². The maximum Gasteiger partial charge on any atom is 0.174 e. The highest BCUT2D eigenvalue weighted by Gasteiger charge is 2.18. The molecule has 2 rings (SSSR count). The summed E-state index contributed by atoms with van der Waals surface area (Å²) < 4.78 is 27.6. The average Bonchev–Trinajstić information content (AvgIpc) is 2.40. The van der Waals surface area contributed by atoms with Crippen molar-refractivity contribution in [2.45, 2.75) is 11.0 Å². The lowest BCUT2D eigenvalue weighted by atomic mass is 10.2. The van der Waals surface area contributed by atoms with Gasteiger partial charge in [0.1, 0.15) is 0 Å². The fourth-order valence-electron chi connectivity index (χ4n) is 1.47. The van der Waals surface area contributed by atoms with Gasteiger partial charge in [-0.2, -0.15) is 0 Å². The molecule has 2 aromatic carbocycles. The van der Waals surface area contributed by atoms with Gasteiger partial charge in [-0.05, 0) is 11.1 Å². The van der Waals surface area contributed by atoms with E-state index in [-0.39, 0.29) is 0 Å². The standard InChI is InChI=1S/C14H12F2S/c15-13(11-7-3-1-4-8-11)17-14(16)12-9-5-2-6-10-12/h1-10,13-14H. The Morgan fingerprint density at radius 1 is 0.647 bits per heavy atom. The highest BCUT2D eigenvalue weighted by atomic mass is 32.2. The van der Waals surface area contributed by atoms with E-state index in [1.54, 1.807) is 48.5 Å². The molecule has 88 valence electrons. The van der Waals surface area contributed by atoms with E-state index < -0.39 is 11.0 Å². The van der Waals surface area contributed by atoms with E-state index in [4.69, 9.17) is 0 Å². The highest BCUT2D eigenvalue weighted by Crippen LogP contribution is 2.41. The van der Waals surface area contributed by atoms with Gasteiger partial charge in [-0.1, -0.05) is 72.4 Å². The Kier molecular flexibility index (Phi) is 4.15. The lowest BCUT2D eigenvalue weighted by molar-refractivity contribution is 0.434. The number of alkyl halides is 2. The molecular weight excluding hydrogens is 238 g/mol. The van der Waals surface area contributed by atoms with Gasteiger partial charge in [0, 0.05) is 0 Å². The van der Waals surface area contributed by atoms with Crippen LogP contribution in [0.4, 0.5) is 8.78 Å². The monoisotopic (exact) mass is 250 g/mol. The summed E-state index contributed by atoms with van der Waals surface area (Å²) in [5.74, 6) is 0. The summed E-state index contributed by atoms with van der Waals surface area (Å²) in [6.45, 7) is 0. The van der Waals surface area contributed by atoms with Gasteiger partial charge in [0.05, 0.1) is 0 Å². The quantitative estimate of drug-likeness (QED) is 0.731. The molecule has 0 N–H and O–H groups in total. The van der Waals surface area contributed by atoms with Crippen LogP contribution in [0.15, 0.2) is 60.7 Å². The van der Waals surface area contributed by atoms with E-state index in [1.807, 2.05) is 12.1 Å². The van der Waals surface area contributed by atoms with Crippen LogP contribution in [0.3, 0.4) is 0 Å². The van der Waals surface area contributed by atoms with Crippen LogP contribution in [0.1, 0.15) is 22.1 Å². The lowest BCUT2D eigenvalue weighted by Gasteiger charge is -2.12. The molecule has 0 aromatic heterocycles. The first-order chi connectivity index (χ1) is 8.27. The van der Waals surface area contributed by atoms with Crippen LogP contribution in [0, 0.1) is 0 Å². The summed E-state index contributed by atoms with van der Waals surface area (Å²) >= 11 is 0.672. The minimum atomic E-state index is -1.34. The number of hydrogen-bond donors (Lipinski definition) is 0. The van der Waals surface area contributed by atoms with Gasteiger partial charge in [0.2, 0.25) is 0 Å². The Bertz CT molecular complexity index is 401. The Balaban J connectivity index is 2.02. The molecule has 17 heavy (non-hydrogen) atoms. The van der Waals surface area contributed by atoms with E-state index in [1.165, 1.54) is 0 Å². The molecule has 2 aromatic rings. The number of benzene rings is 2. The third kappa shape index (κ3) is 3.30. The van der Waals surface area contributed by atoms with Crippen molar-refractivity contribution < 1.29 is 8.78 Å². The van der Waals surface area contributed by atoms with Gasteiger partial charge >= 0.3 is 0 Å². The van der Waals surface area contributed by atoms with Crippen molar-refractivity contribution in [3.05, 3.63) is 71.8 Å². The van der Waals surface area contributed by atoms with Crippen LogP contribution in [0.5, 0.6) is 0 Å². The van der Waals surface area contributed by atoms with E-state index >= 15 is 0 Å². The smallest absolute Gasteiger partial charge is 0.174 e. The first-order valence-electron chi connectivity index (χ1n) is 5.31. The molecule has 0 heterocycles. The summed E-state index contributed by atoms with van der Waals surface area (Å²) in [7, 11) is 0. The van der Waals surface area contributed by atoms with Crippen molar-refractivity contribution in [2.24, 2.45) is 0 Å². The van der Waals surface area contributed by atoms with E-state index in [2.05, 4.69) is 0 Å². The first-order valence-corrected chi connectivity index (χ1v) is 6.25. The maximum atomic E-state index is 13.8. The topological polar surface area (TPSA) is 0 Å². The molecule has 0 bridgehead atoms. The fraction of sp³-hybridized carbons (Fsp3) is 0.143. The van der Waals surface area contributed by atoms with Crippen LogP contribution in [0.2, 0.25) is 0 Å². The SMILES string of the molecule is FC(SC(F)c1ccccc1)c1ccccc1. The van der Waals surface area contributed by atoms with Crippen LogP contribution in [-0.2, 0) is 0 Å². The number of hydrogen-bond acceptors (Lipinski definition) is 1. The normalized spacial score (nSPS) is 14.2. The van der Waals surface area contributed by atoms with Gasteiger partial charge in [-0.15, -0.1) is 0 Å². The molecule has 0 aliphatic carbocycles. The molecule has 0 saturated heterocycles. The molecule has 0 fully saturated rings. The maximum absolute atomic E-state index is 13.8. The molecule has 3 heteroatoms. The Hall–Kier alpha value is -1.35. The minimum Gasteiger partial charge on any atom is -0.230 e. The first kappa shape index (κ1) is 12.1. The molecule has 0 radical (unpaired) electrons. The molecule has 0 aliphatic rings. The third-order valence-electron chi connectivity index (χ3n) is 2.36. The number of halogens is 2. The van der Waals surface area contributed by atoms with Crippen molar-refractivity contribution in [3.63, 3.8) is 0 Å². The lowest BCUT2D eigenvalue weighted by Crippen LogP contribution is -1.91. The summed E-state index contributed by atoms with van der Waals surface area (Å²) in [6.07, 6.45) is 0. The van der Waals surface area contributed by atoms with Crippen molar-refractivity contribution in [1.29, 1.82) is 0 Å². The van der Waals surface area contributed by atoms with Crippen molar-refractivity contribution in [1.82, 2.24) is 0 Å². The van der Waals surface area contributed by atoms with E-state index in [9.17, 15) is 8.78 Å².